The molecule has 1 aromatic heterocycles. The van der Waals surface area contributed by atoms with Crippen LogP contribution in [0.2, 0.25) is 0 Å². The van der Waals surface area contributed by atoms with E-state index >= 15 is 0 Å². The zero-order valence-corrected chi connectivity index (χ0v) is 21.8. The van der Waals surface area contributed by atoms with Gasteiger partial charge in [0.15, 0.2) is 0 Å². The van der Waals surface area contributed by atoms with Crippen molar-refractivity contribution in [2.45, 2.75) is 16.0 Å². The number of benzene rings is 3. The lowest BCUT2D eigenvalue weighted by atomic mass is 10.2. The molecule has 186 valence electrons. The van der Waals surface area contributed by atoms with Crippen LogP contribution in [-0.2, 0) is 20.0 Å². The summed E-state index contributed by atoms with van der Waals surface area (Å²) >= 11 is 1.13. The summed E-state index contributed by atoms with van der Waals surface area (Å²) in [6.45, 7) is 1.91. The van der Waals surface area contributed by atoms with Crippen LogP contribution >= 0.6 is 11.3 Å². The van der Waals surface area contributed by atoms with Crippen molar-refractivity contribution in [3.05, 3.63) is 101 Å². The SMILES string of the molecule is Cc1ccc(NS(=O)(=O)c2ccc(NC(=O)c3ccc(N(C)S(=O)(=O)c4cccs4)cc3)cc2)cc1. The van der Waals surface area contributed by atoms with Gasteiger partial charge in [0, 0.05) is 24.0 Å². The van der Waals surface area contributed by atoms with Gasteiger partial charge in [-0.2, -0.15) is 0 Å². The molecule has 0 unspecified atom stereocenters. The molecule has 36 heavy (non-hydrogen) atoms. The molecule has 0 bridgehead atoms. The summed E-state index contributed by atoms with van der Waals surface area (Å²) in [4.78, 5) is 12.7. The van der Waals surface area contributed by atoms with Gasteiger partial charge >= 0.3 is 0 Å². The number of hydrogen-bond acceptors (Lipinski definition) is 6. The first-order valence-electron chi connectivity index (χ1n) is 10.7. The minimum Gasteiger partial charge on any atom is -0.322 e. The molecule has 0 saturated carbocycles. The molecule has 0 fully saturated rings. The first-order valence-corrected chi connectivity index (χ1v) is 14.5. The van der Waals surface area contributed by atoms with Gasteiger partial charge in [0.05, 0.1) is 10.6 Å². The molecule has 11 heteroatoms. The fourth-order valence-electron chi connectivity index (χ4n) is 3.26. The number of nitrogens with zero attached hydrogens (tertiary/aromatic N) is 1. The average molecular weight is 542 g/mol. The summed E-state index contributed by atoms with van der Waals surface area (Å²) in [6.07, 6.45) is 0. The minimum absolute atomic E-state index is 0.0559. The molecule has 0 spiro atoms. The van der Waals surface area contributed by atoms with Gasteiger partial charge in [-0.1, -0.05) is 23.8 Å². The Morgan fingerprint density at radius 2 is 1.42 bits per heavy atom. The summed E-state index contributed by atoms with van der Waals surface area (Å²) in [6, 6.07) is 22.1. The number of anilines is 3. The van der Waals surface area contributed by atoms with Crippen molar-refractivity contribution in [3.8, 4) is 0 Å². The Morgan fingerprint density at radius 1 is 0.806 bits per heavy atom. The number of hydrogen-bond donors (Lipinski definition) is 2. The summed E-state index contributed by atoms with van der Waals surface area (Å²) in [5, 5.41) is 4.40. The summed E-state index contributed by atoms with van der Waals surface area (Å²) in [5.74, 6) is -0.418. The molecule has 0 radical (unpaired) electrons. The van der Waals surface area contributed by atoms with Crippen LogP contribution in [0.1, 0.15) is 15.9 Å². The van der Waals surface area contributed by atoms with Gasteiger partial charge in [0.25, 0.3) is 26.0 Å². The molecule has 0 atom stereocenters. The minimum atomic E-state index is -3.78. The van der Waals surface area contributed by atoms with Crippen LogP contribution in [0.3, 0.4) is 0 Å². The Hall–Kier alpha value is -3.67. The monoisotopic (exact) mass is 541 g/mol. The lowest BCUT2D eigenvalue weighted by molar-refractivity contribution is 0.102. The van der Waals surface area contributed by atoms with E-state index in [2.05, 4.69) is 10.0 Å². The van der Waals surface area contributed by atoms with E-state index in [1.807, 2.05) is 19.1 Å². The van der Waals surface area contributed by atoms with Gasteiger partial charge in [-0.25, -0.2) is 16.8 Å². The van der Waals surface area contributed by atoms with Crippen molar-refractivity contribution in [2.24, 2.45) is 0 Å². The second-order valence-electron chi connectivity index (χ2n) is 7.90. The van der Waals surface area contributed by atoms with Crippen molar-refractivity contribution < 1.29 is 21.6 Å². The maximum atomic E-state index is 12.7. The molecule has 0 aliphatic rings. The summed E-state index contributed by atoms with van der Waals surface area (Å²) < 4.78 is 54.5. The fourth-order valence-corrected chi connectivity index (χ4v) is 6.68. The largest absolute Gasteiger partial charge is 0.322 e. The molecule has 1 amide bonds. The van der Waals surface area contributed by atoms with Gasteiger partial charge in [-0.05, 0) is 79.0 Å². The number of sulfonamides is 2. The van der Waals surface area contributed by atoms with Crippen LogP contribution in [0.4, 0.5) is 17.1 Å². The Balaban J connectivity index is 1.42. The Labute approximate surface area is 214 Å². The normalized spacial score (nSPS) is 11.6. The zero-order valence-electron chi connectivity index (χ0n) is 19.4. The number of aryl methyl sites for hydroxylation is 1. The van der Waals surface area contributed by atoms with Crippen LogP contribution in [0, 0.1) is 6.92 Å². The number of rotatable bonds is 8. The highest BCUT2D eigenvalue weighted by molar-refractivity contribution is 7.94. The van der Waals surface area contributed by atoms with E-state index < -0.39 is 26.0 Å². The van der Waals surface area contributed by atoms with E-state index in [0.29, 0.717) is 22.6 Å². The Bertz CT molecular complexity index is 1560. The number of nitrogens with one attached hydrogen (secondary N) is 2. The molecule has 0 aliphatic carbocycles. The third-order valence-electron chi connectivity index (χ3n) is 5.33. The maximum absolute atomic E-state index is 12.7. The smallest absolute Gasteiger partial charge is 0.273 e. The van der Waals surface area contributed by atoms with E-state index in [4.69, 9.17) is 0 Å². The van der Waals surface area contributed by atoms with Crippen molar-refractivity contribution in [1.82, 2.24) is 0 Å². The van der Waals surface area contributed by atoms with E-state index in [-0.39, 0.29) is 9.10 Å². The van der Waals surface area contributed by atoms with Gasteiger partial charge in [-0.3, -0.25) is 13.8 Å². The average Bonchev–Trinajstić information content (AvgIpc) is 3.41. The molecule has 0 aliphatic heterocycles. The highest BCUT2D eigenvalue weighted by Crippen LogP contribution is 2.26. The number of amides is 1. The van der Waals surface area contributed by atoms with Gasteiger partial charge in [0.2, 0.25) is 0 Å². The zero-order chi connectivity index (χ0) is 25.9. The Kier molecular flexibility index (Phi) is 7.16. The molecule has 0 saturated heterocycles. The molecular weight excluding hydrogens is 518 g/mol. The molecule has 8 nitrogen and oxygen atoms in total. The van der Waals surface area contributed by atoms with Gasteiger partial charge in [0.1, 0.15) is 4.21 Å². The lowest BCUT2D eigenvalue weighted by Gasteiger charge is -2.18. The second kappa shape index (κ2) is 10.1. The van der Waals surface area contributed by atoms with Gasteiger partial charge < -0.3 is 5.32 Å². The van der Waals surface area contributed by atoms with E-state index in [1.165, 1.54) is 49.5 Å². The van der Waals surface area contributed by atoms with Gasteiger partial charge in [-0.15, -0.1) is 11.3 Å². The van der Waals surface area contributed by atoms with E-state index in [1.54, 1.807) is 35.7 Å². The van der Waals surface area contributed by atoms with Crippen molar-refractivity contribution >= 4 is 54.4 Å². The standard InChI is InChI=1S/C25H23N3O5S3/c1-18-5-9-21(10-6-18)27-35(30,31)23-15-11-20(12-16-23)26-25(29)19-7-13-22(14-8-19)28(2)36(32,33)24-4-3-17-34-24/h3-17,27H,1-2H3,(H,26,29). The molecule has 2 N–H and O–H groups in total. The molecule has 4 aromatic rings. The van der Waals surface area contributed by atoms with Crippen LogP contribution in [0.5, 0.6) is 0 Å². The van der Waals surface area contributed by atoms with Crippen molar-refractivity contribution in [2.75, 3.05) is 21.4 Å². The van der Waals surface area contributed by atoms with Crippen molar-refractivity contribution in [3.63, 3.8) is 0 Å². The van der Waals surface area contributed by atoms with Crippen LogP contribution in [-0.4, -0.2) is 29.8 Å². The quantitative estimate of drug-likeness (QED) is 0.328. The molecular formula is C25H23N3O5S3. The summed E-state index contributed by atoms with van der Waals surface area (Å²) in [5.41, 5.74) is 2.61. The molecule has 3 aromatic carbocycles. The second-order valence-corrected chi connectivity index (χ2v) is 12.7. The van der Waals surface area contributed by atoms with E-state index in [9.17, 15) is 21.6 Å². The highest BCUT2D eigenvalue weighted by Gasteiger charge is 2.22. The van der Waals surface area contributed by atoms with Crippen LogP contribution in [0.15, 0.2) is 99.4 Å². The first kappa shape index (κ1) is 25.4. The van der Waals surface area contributed by atoms with Crippen LogP contribution in [0.25, 0.3) is 0 Å². The topological polar surface area (TPSA) is 113 Å². The number of carbonyl (C=O) groups excluding carboxylic acids is 1. The highest BCUT2D eigenvalue weighted by atomic mass is 32.2. The molecule has 4 rings (SSSR count). The molecule has 1 heterocycles. The van der Waals surface area contributed by atoms with E-state index in [0.717, 1.165) is 21.2 Å². The summed E-state index contributed by atoms with van der Waals surface area (Å²) in [7, 11) is -6.00. The number of carbonyl (C=O) groups is 1. The third kappa shape index (κ3) is 5.59. The lowest BCUT2D eigenvalue weighted by Crippen LogP contribution is -2.25. The predicted octanol–water partition coefficient (Wildman–Crippen LogP) is 4.93. The Morgan fingerprint density at radius 3 is 2.00 bits per heavy atom. The maximum Gasteiger partial charge on any atom is 0.273 e. The van der Waals surface area contributed by atoms with Crippen LogP contribution < -0.4 is 14.3 Å². The number of thiophene rings is 1. The fraction of sp³-hybridized carbons (Fsp3) is 0.0800. The first-order chi connectivity index (χ1) is 17.1. The third-order valence-corrected chi connectivity index (χ3v) is 9.89. The predicted molar refractivity (Wildman–Crippen MR) is 143 cm³/mol. The van der Waals surface area contributed by atoms with Crippen molar-refractivity contribution in [1.29, 1.82) is 0 Å².